The van der Waals surface area contributed by atoms with E-state index in [1.165, 1.54) is 0 Å². The molecule has 1 amide bonds. The zero-order valence-corrected chi connectivity index (χ0v) is 10.5. The molecule has 18 heavy (non-hydrogen) atoms. The van der Waals surface area contributed by atoms with Crippen LogP contribution in [0.5, 0.6) is 5.75 Å². The molecule has 0 saturated heterocycles. The predicted octanol–water partition coefficient (Wildman–Crippen LogP) is 1.97. The number of phenols is 1. The standard InChI is InChI=1S/C14H16N2O2/c1-10-3-8-13(16(10)2)14(18)15-9-11-4-6-12(17)7-5-11/h3-8,17H,9H2,1-2H3,(H,15,18). The number of hydrogen-bond acceptors (Lipinski definition) is 2. The zero-order valence-electron chi connectivity index (χ0n) is 10.5. The van der Waals surface area contributed by atoms with Gasteiger partial charge in [-0.05, 0) is 36.8 Å². The summed E-state index contributed by atoms with van der Waals surface area (Å²) in [5, 5.41) is 12.0. The number of aryl methyl sites for hydroxylation is 1. The van der Waals surface area contributed by atoms with Crippen LogP contribution in [0.15, 0.2) is 36.4 Å². The lowest BCUT2D eigenvalue weighted by Crippen LogP contribution is -2.25. The Morgan fingerprint density at radius 2 is 1.89 bits per heavy atom. The van der Waals surface area contributed by atoms with Crippen LogP contribution in [0.2, 0.25) is 0 Å². The summed E-state index contributed by atoms with van der Waals surface area (Å²) in [4.78, 5) is 11.9. The van der Waals surface area contributed by atoms with Crippen molar-refractivity contribution in [2.45, 2.75) is 13.5 Å². The molecule has 4 nitrogen and oxygen atoms in total. The van der Waals surface area contributed by atoms with Crippen LogP contribution < -0.4 is 5.32 Å². The van der Waals surface area contributed by atoms with Gasteiger partial charge in [-0.2, -0.15) is 0 Å². The maximum Gasteiger partial charge on any atom is 0.268 e. The molecule has 0 spiro atoms. The molecular formula is C14H16N2O2. The molecular weight excluding hydrogens is 228 g/mol. The molecule has 0 saturated carbocycles. The van der Waals surface area contributed by atoms with Crippen LogP contribution in [-0.2, 0) is 13.6 Å². The summed E-state index contributed by atoms with van der Waals surface area (Å²) in [7, 11) is 1.87. The number of hydrogen-bond donors (Lipinski definition) is 2. The minimum atomic E-state index is -0.0984. The average Bonchev–Trinajstić information content (AvgIpc) is 2.69. The third kappa shape index (κ3) is 2.53. The van der Waals surface area contributed by atoms with Gasteiger partial charge < -0.3 is 15.0 Å². The van der Waals surface area contributed by atoms with Crippen molar-refractivity contribution < 1.29 is 9.90 Å². The van der Waals surface area contributed by atoms with Crippen molar-refractivity contribution in [2.24, 2.45) is 7.05 Å². The fraction of sp³-hybridized carbons (Fsp3) is 0.214. The summed E-state index contributed by atoms with van der Waals surface area (Å²) in [6.45, 7) is 2.40. The normalized spacial score (nSPS) is 10.3. The number of nitrogens with zero attached hydrogens (tertiary/aromatic N) is 1. The van der Waals surface area contributed by atoms with E-state index < -0.39 is 0 Å². The maximum absolute atomic E-state index is 11.9. The third-order valence-corrected chi connectivity index (χ3v) is 2.99. The minimum Gasteiger partial charge on any atom is -0.508 e. The minimum absolute atomic E-state index is 0.0984. The van der Waals surface area contributed by atoms with E-state index in [1.54, 1.807) is 24.3 Å². The van der Waals surface area contributed by atoms with Crippen LogP contribution in [0.4, 0.5) is 0 Å². The van der Waals surface area contributed by atoms with Gasteiger partial charge in [0.15, 0.2) is 0 Å². The van der Waals surface area contributed by atoms with Crippen LogP contribution in [0, 0.1) is 6.92 Å². The van der Waals surface area contributed by atoms with E-state index in [0.29, 0.717) is 12.2 Å². The number of amides is 1. The molecule has 0 bridgehead atoms. The van der Waals surface area contributed by atoms with Gasteiger partial charge in [0.2, 0.25) is 0 Å². The molecule has 1 aromatic heterocycles. The average molecular weight is 244 g/mol. The smallest absolute Gasteiger partial charge is 0.268 e. The summed E-state index contributed by atoms with van der Waals surface area (Å²) < 4.78 is 1.85. The lowest BCUT2D eigenvalue weighted by Gasteiger charge is -2.07. The van der Waals surface area contributed by atoms with E-state index in [0.717, 1.165) is 11.3 Å². The van der Waals surface area contributed by atoms with Gasteiger partial charge in [0.1, 0.15) is 11.4 Å². The van der Waals surface area contributed by atoms with Gasteiger partial charge in [0.05, 0.1) is 0 Å². The Morgan fingerprint density at radius 3 is 2.44 bits per heavy atom. The van der Waals surface area contributed by atoms with Crippen LogP contribution in [0.3, 0.4) is 0 Å². The SMILES string of the molecule is Cc1ccc(C(=O)NCc2ccc(O)cc2)n1C. The Kier molecular flexibility index (Phi) is 3.37. The molecule has 0 atom stereocenters. The monoisotopic (exact) mass is 244 g/mol. The van der Waals surface area contributed by atoms with Gasteiger partial charge in [-0.1, -0.05) is 12.1 Å². The quantitative estimate of drug-likeness (QED) is 0.867. The Hall–Kier alpha value is -2.23. The summed E-state index contributed by atoms with van der Waals surface area (Å²) in [5.74, 6) is 0.127. The van der Waals surface area contributed by atoms with Crippen molar-refractivity contribution >= 4 is 5.91 Å². The molecule has 1 heterocycles. The molecule has 0 aliphatic carbocycles. The topological polar surface area (TPSA) is 54.3 Å². The Bertz CT molecular complexity index is 556. The molecule has 0 aliphatic rings. The van der Waals surface area contributed by atoms with Crippen molar-refractivity contribution in [1.82, 2.24) is 9.88 Å². The van der Waals surface area contributed by atoms with E-state index in [1.807, 2.05) is 30.7 Å². The number of carbonyl (C=O) groups is 1. The molecule has 0 fully saturated rings. The van der Waals surface area contributed by atoms with Crippen molar-refractivity contribution in [1.29, 1.82) is 0 Å². The highest BCUT2D eigenvalue weighted by molar-refractivity contribution is 5.92. The van der Waals surface area contributed by atoms with Gasteiger partial charge in [-0.3, -0.25) is 4.79 Å². The fourth-order valence-electron chi connectivity index (χ4n) is 1.73. The number of aromatic hydroxyl groups is 1. The summed E-state index contributed by atoms with van der Waals surface area (Å²) in [6.07, 6.45) is 0. The van der Waals surface area contributed by atoms with Gasteiger partial charge in [0, 0.05) is 19.3 Å². The second kappa shape index (κ2) is 4.96. The van der Waals surface area contributed by atoms with Gasteiger partial charge >= 0.3 is 0 Å². The first-order chi connectivity index (χ1) is 8.58. The van der Waals surface area contributed by atoms with Crippen molar-refractivity contribution in [2.75, 3.05) is 0 Å². The van der Waals surface area contributed by atoms with E-state index in [-0.39, 0.29) is 11.7 Å². The molecule has 0 radical (unpaired) electrons. The molecule has 0 aliphatic heterocycles. The van der Waals surface area contributed by atoms with Gasteiger partial charge in [0.25, 0.3) is 5.91 Å². The third-order valence-electron chi connectivity index (χ3n) is 2.99. The number of phenolic OH excluding ortho intramolecular Hbond substituents is 1. The molecule has 0 unspecified atom stereocenters. The van der Waals surface area contributed by atoms with Crippen LogP contribution in [0.1, 0.15) is 21.7 Å². The summed E-state index contributed by atoms with van der Waals surface area (Å²) in [5.41, 5.74) is 2.64. The number of aromatic nitrogens is 1. The van der Waals surface area contributed by atoms with E-state index in [4.69, 9.17) is 5.11 Å². The second-order valence-corrected chi connectivity index (χ2v) is 4.27. The van der Waals surface area contributed by atoms with Gasteiger partial charge in [-0.15, -0.1) is 0 Å². The Labute approximate surface area is 106 Å². The molecule has 4 heteroatoms. The van der Waals surface area contributed by atoms with E-state index >= 15 is 0 Å². The highest BCUT2D eigenvalue weighted by atomic mass is 16.3. The van der Waals surface area contributed by atoms with Crippen LogP contribution in [0.25, 0.3) is 0 Å². The van der Waals surface area contributed by atoms with Crippen LogP contribution in [-0.4, -0.2) is 15.6 Å². The molecule has 2 N–H and O–H groups in total. The lowest BCUT2D eigenvalue weighted by molar-refractivity contribution is 0.0942. The summed E-state index contributed by atoms with van der Waals surface area (Å²) in [6, 6.07) is 10.5. The van der Waals surface area contributed by atoms with Crippen molar-refractivity contribution in [3.05, 3.63) is 53.3 Å². The number of benzene rings is 1. The van der Waals surface area contributed by atoms with Crippen molar-refractivity contribution in [3.63, 3.8) is 0 Å². The molecule has 2 rings (SSSR count). The molecule has 1 aromatic carbocycles. The first kappa shape index (κ1) is 12.2. The Balaban J connectivity index is 2.00. The zero-order chi connectivity index (χ0) is 13.1. The molecule has 94 valence electrons. The number of carbonyl (C=O) groups excluding carboxylic acids is 1. The van der Waals surface area contributed by atoms with Gasteiger partial charge in [-0.25, -0.2) is 0 Å². The fourth-order valence-corrected chi connectivity index (χ4v) is 1.73. The maximum atomic E-state index is 11.9. The van der Waals surface area contributed by atoms with Crippen molar-refractivity contribution in [3.8, 4) is 5.75 Å². The lowest BCUT2D eigenvalue weighted by atomic mass is 10.2. The summed E-state index contributed by atoms with van der Waals surface area (Å²) >= 11 is 0. The predicted molar refractivity (Wildman–Crippen MR) is 69.4 cm³/mol. The Morgan fingerprint density at radius 1 is 1.22 bits per heavy atom. The second-order valence-electron chi connectivity index (χ2n) is 4.27. The van der Waals surface area contributed by atoms with E-state index in [2.05, 4.69) is 5.32 Å². The van der Waals surface area contributed by atoms with E-state index in [9.17, 15) is 4.79 Å². The largest absolute Gasteiger partial charge is 0.508 e. The highest BCUT2D eigenvalue weighted by Gasteiger charge is 2.10. The molecule has 2 aromatic rings. The first-order valence-electron chi connectivity index (χ1n) is 5.76. The first-order valence-corrected chi connectivity index (χ1v) is 5.76. The number of nitrogens with one attached hydrogen (secondary N) is 1. The number of rotatable bonds is 3. The van der Waals surface area contributed by atoms with Crippen LogP contribution >= 0.6 is 0 Å². The highest BCUT2D eigenvalue weighted by Crippen LogP contribution is 2.10.